The van der Waals surface area contributed by atoms with E-state index in [2.05, 4.69) is 4.90 Å². The van der Waals surface area contributed by atoms with Gasteiger partial charge >= 0.3 is 0 Å². The molecule has 1 fully saturated rings. The van der Waals surface area contributed by atoms with Crippen molar-refractivity contribution in [3.63, 3.8) is 0 Å². The van der Waals surface area contributed by atoms with Gasteiger partial charge in [0, 0.05) is 31.9 Å². The molecule has 1 aliphatic heterocycles. The van der Waals surface area contributed by atoms with Crippen LogP contribution in [0.4, 0.5) is 10.1 Å². The second-order valence-electron chi connectivity index (χ2n) is 5.83. The number of carbonyl (C=O) groups excluding carboxylic acids is 1. The molecule has 2 rings (SSSR count). The quantitative estimate of drug-likeness (QED) is 0.926. The zero-order chi connectivity index (χ0) is 15.4. The van der Waals surface area contributed by atoms with Crippen LogP contribution in [-0.4, -0.2) is 48.2 Å². The largest absolute Gasteiger partial charge is 0.383 e. The molecule has 1 atom stereocenters. The summed E-state index contributed by atoms with van der Waals surface area (Å²) in [6, 6.07) is 6.42. The smallest absolute Gasteiger partial charge is 0.251 e. The molecule has 0 bridgehead atoms. The van der Waals surface area contributed by atoms with Gasteiger partial charge in [-0.2, -0.15) is 0 Å². The molecule has 0 spiro atoms. The normalized spacial score (nSPS) is 17.8. The van der Waals surface area contributed by atoms with Crippen LogP contribution in [0.3, 0.4) is 0 Å². The minimum Gasteiger partial charge on any atom is -0.383 e. The third-order valence-corrected chi connectivity index (χ3v) is 3.88. The average molecular weight is 294 g/mol. The second kappa shape index (κ2) is 6.89. The van der Waals surface area contributed by atoms with E-state index in [1.807, 2.05) is 13.8 Å². The number of amides is 1. The third-order valence-electron chi connectivity index (χ3n) is 3.88. The maximum absolute atomic E-state index is 13.0. The molecule has 5 heteroatoms. The first-order valence-electron chi connectivity index (χ1n) is 7.46. The van der Waals surface area contributed by atoms with Crippen LogP contribution in [0.15, 0.2) is 24.3 Å². The van der Waals surface area contributed by atoms with Gasteiger partial charge in [-0.25, -0.2) is 4.39 Å². The standard InChI is InChI=1S/C16H23FN2O2/c1-12(2)15(20)16(21)19-9-3-8-18(10-11-19)14-6-4-13(17)5-7-14/h4-7,12,15,20H,3,8-11H2,1-2H3/t15-/m0/s1. The molecular formula is C16H23FN2O2. The van der Waals surface area contributed by atoms with Gasteiger partial charge in [-0.05, 0) is 36.6 Å². The summed E-state index contributed by atoms with van der Waals surface area (Å²) in [5.74, 6) is -0.509. The zero-order valence-electron chi connectivity index (χ0n) is 12.6. The predicted molar refractivity (Wildman–Crippen MR) is 80.7 cm³/mol. The van der Waals surface area contributed by atoms with E-state index in [0.717, 1.165) is 18.7 Å². The second-order valence-corrected chi connectivity index (χ2v) is 5.83. The summed E-state index contributed by atoms with van der Waals surface area (Å²) < 4.78 is 13.0. The van der Waals surface area contributed by atoms with E-state index in [0.29, 0.717) is 19.6 Å². The number of rotatable bonds is 3. The van der Waals surface area contributed by atoms with Gasteiger partial charge in [0.15, 0.2) is 0 Å². The fourth-order valence-electron chi connectivity index (χ4n) is 2.52. The maximum Gasteiger partial charge on any atom is 0.251 e. The molecule has 1 aromatic rings. The fraction of sp³-hybridized carbons (Fsp3) is 0.562. The van der Waals surface area contributed by atoms with Gasteiger partial charge in [-0.15, -0.1) is 0 Å². The molecule has 0 aliphatic carbocycles. The summed E-state index contributed by atoms with van der Waals surface area (Å²) in [5, 5.41) is 9.91. The van der Waals surface area contributed by atoms with Crippen LogP contribution in [-0.2, 0) is 4.79 Å². The molecular weight excluding hydrogens is 271 g/mol. The molecule has 1 aromatic carbocycles. The Morgan fingerprint density at radius 3 is 2.43 bits per heavy atom. The molecule has 1 saturated heterocycles. The van der Waals surface area contributed by atoms with E-state index >= 15 is 0 Å². The highest BCUT2D eigenvalue weighted by atomic mass is 19.1. The van der Waals surface area contributed by atoms with Crippen LogP contribution in [0, 0.1) is 11.7 Å². The molecule has 0 saturated carbocycles. The van der Waals surface area contributed by atoms with Crippen LogP contribution >= 0.6 is 0 Å². The molecule has 1 heterocycles. The SMILES string of the molecule is CC(C)[C@H](O)C(=O)N1CCCN(c2ccc(F)cc2)CC1. The summed E-state index contributed by atoms with van der Waals surface area (Å²) in [6.07, 6.45) is -0.0872. The number of carbonyl (C=O) groups is 1. The highest BCUT2D eigenvalue weighted by molar-refractivity contribution is 5.81. The molecule has 0 radical (unpaired) electrons. The Labute approximate surface area is 125 Å². The van der Waals surface area contributed by atoms with Crippen LogP contribution in [0.2, 0.25) is 0 Å². The van der Waals surface area contributed by atoms with Crippen molar-refractivity contribution in [3.8, 4) is 0 Å². The number of aliphatic hydroxyl groups excluding tert-OH is 1. The van der Waals surface area contributed by atoms with Crippen molar-refractivity contribution in [3.05, 3.63) is 30.1 Å². The minimum absolute atomic E-state index is 0.0750. The van der Waals surface area contributed by atoms with Crippen molar-refractivity contribution in [1.29, 1.82) is 0 Å². The number of halogens is 1. The highest BCUT2D eigenvalue weighted by Crippen LogP contribution is 2.18. The van der Waals surface area contributed by atoms with E-state index in [4.69, 9.17) is 0 Å². The number of anilines is 1. The highest BCUT2D eigenvalue weighted by Gasteiger charge is 2.26. The van der Waals surface area contributed by atoms with E-state index in [-0.39, 0.29) is 17.6 Å². The number of benzene rings is 1. The lowest BCUT2D eigenvalue weighted by atomic mass is 10.1. The Morgan fingerprint density at radius 1 is 1.14 bits per heavy atom. The van der Waals surface area contributed by atoms with E-state index in [1.165, 1.54) is 12.1 Å². The summed E-state index contributed by atoms with van der Waals surface area (Å²) in [5.41, 5.74) is 0.968. The molecule has 21 heavy (non-hydrogen) atoms. The first-order chi connectivity index (χ1) is 9.99. The van der Waals surface area contributed by atoms with Crippen LogP contribution in [0.25, 0.3) is 0 Å². The number of hydrogen-bond acceptors (Lipinski definition) is 3. The van der Waals surface area contributed by atoms with Crippen molar-refractivity contribution in [2.75, 3.05) is 31.1 Å². The van der Waals surface area contributed by atoms with Gasteiger partial charge in [0.1, 0.15) is 11.9 Å². The Kier molecular flexibility index (Phi) is 5.17. The number of hydrogen-bond donors (Lipinski definition) is 1. The summed E-state index contributed by atoms with van der Waals surface area (Å²) >= 11 is 0. The van der Waals surface area contributed by atoms with E-state index < -0.39 is 6.10 Å². The van der Waals surface area contributed by atoms with Crippen molar-refractivity contribution in [2.24, 2.45) is 5.92 Å². The van der Waals surface area contributed by atoms with Crippen LogP contribution in [0.1, 0.15) is 20.3 Å². The lowest BCUT2D eigenvalue weighted by molar-refractivity contribution is -0.142. The van der Waals surface area contributed by atoms with Crippen molar-refractivity contribution in [2.45, 2.75) is 26.4 Å². The van der Waals surface area contributed by atoms with Crippen molar-refractivity contribution < 1.29 is 14.3 Å². The Balaban J connectivity index is 1.99. The van der Waals surface area contributed by atoms with Crippen LogP contribution < -0.4 is 4.90 Å². The Bertz CT molecular complexity index is 476. The molecule has 1 N–H and O–H groups in total. The number of nitrogens with zero attached hydrogens (tertiary/aromatic N) is 2. The van der Waals surface area contributed by atoms with Crippen molar-refractivity contribution in [1.82, 2.24) is 4.90 Å². The van der Waals surface area contributed by atoms with Gasteiger partial charge < -0.3 is 14.9 Å². The van der Waals surface area contributed by atoms with Gasteiger partial charge in [0.2, 0.25) is 0 Å². The molecule has 1 aliphatic rings. The molecule has 116 valence electrons. The van der Waals surface area contributed by atoms with Crippen LogP contribution in [0.5, 0.6) is 0 Å². The topological polar surface area (TPSA) is 43.8 Å². The molecule has 0 aromatic heterocycles. The lowest BCUT2D eigenvalue weighted by Gasteiger charge is -2.26. The van der Waals surface area contributed by atoms with Gasteiger partial charge in [-0.1, -0.05) is 13.8 Å². The fourth-order valence-corrected chi connectivity index (χ4v) is 2.52. The molecule has 4 nitrogen and oxygen atoms in total. The van der Waals surface area contributed by atoms with Gasteiger partial charge in [0.05, 0.1) is 0 Å². The van der Waals surface area contributed by atoms with Gasteiger partial charge in [-0.3, -0.25) is 4.79 Å². The summed E-state index contributed by atoms with van der Waals surface area (Å²) in [4.78, 5) is 16.1. The third kappa shape index (κ3) is 3.94. The predicted octanol–water partition coefficient (Wildman–Crippen LogP) is 1.88. The minimum atomic E-state index is -0.928. The zero-order valence-corrected chi connectivity index (χ0v) is 12.6. The van der Waals surface area contributed by atoms with Crippen molar-refractivity contribution >= 4 is 11.6 Å². The van der Waals surface area contributed by atoms with E-state index in [9.17, 15) is 14.3 Å². The summed E-state index contributed by atoms with van der Waals surface area (Å²) in [6.45, 7) is 6.44. The summed E-state index contributed by atoms with van der Waals surface area (Å²) in [7, 11) is 0. The molecule has 0 unspecified atom stereocenters. The first kappa shape index (κ1) is 15.8. The number of aliphatic hydroxyl groups is 1. The first-order valence-corrected chi connectivity index (χ1v) is 7.46. The molecule has 1 amide bonds. The lowest BCUT2D eigenvalue weighted by Crippen LogP contribution is -2.43. The average Bonchev–Trinajstić information content (AvgIpc) is 2.72. The monoisotopic (exact) mass is 294 g/mol. The van der Waals surface area contributed by atoms with E-state index in [1.54, 1.807) is 17.0 Å². The Morgan fingerprint density at radius 2 is 1.81 bits per heavy atom. The maximum atomic E-state index is 13.0. The Hall–Kier alpha value is -1.62. The van der Waals surface area contributed by atoms with Gasteiger partial charge in [0.25, 0.3) is 5.91 Å².